The summed E-state index contributed by atoms with van der Waals surface area (Å²) in [7, 11) is 0. The first-order valence-electron chi connectivity index (χ1n) is 5.73. The summed E-state index contributed by atoms with van der Waals surface area (Å²) < 4.78 is 1.90. The van der Waals surface area contributed by atoms with Crippen LogP contribution in [0.1, 0.15) is 26.3 Å². The fourth-order valence-corrected chi connectivity index (χ4v) is 1.47. The highest BCUT2D eigenvalue weighted by atomic mass is 15.1. The first kappa shape index (κ1) is 11.8. The van der Waals surface area contributed by atoms with Crippen LogP contribution in [-0.2, 0) is 6.54 Å². The molecular weight excluding hydrogens is 212 g/mol. The topological polar surface area (TPSA) is 42.7 Å². The molecule has 0 amide bonds. The third kappa shape index (κ3) is 3.39. The second-order valence-corrected chi connectivity index (χ2v) is 5.10. The van der Waals surface area contributed by atoms with Crippen LogP contribution in [0.2, 0.25) is 0 Å². The average Bonchev–Trinajstić information content (AvgIpc) is 2.79. The lowest BCUT2D eigenvalue weighted by atomic mass is 10.1. The van der Waals surface area contributed by atoms with E-state index in [1.54, 1.807) is 12.5 Å². The normalized spacial score (nSPS) is 11.7. The van der Waals surface area contributed by atoms with Crippen LogP contribution in [-0.4, -0.2) is 20.1 Å². The van der Waals surface area contributed by atoms with Gasteiger partial charge in [-0.15, -0.1) is 0 Å². The Bertz CT molecular complexity index is 468. The lowest BCUT2D eigenvalue weighted by Gasteiger charge is -2.20. The van der Waals surface area contributed by atoms with Crippen LogP contribution in [0.4, 0.5) is 0 Å². The molecule has 1 N–H and O–H groups in total. The minimum absolute atomic E-state index is 0.123. The summed E-state index contributed by atoms with van der Waals surface area (Å²) in [6.45, 7) is 7.31. The molecule has 0 saturated heterocycles. The van der Waals surface area contributed by atoms with Crippen LogP contribution >= 0.6 is 0 Å². The molecule has 0 spiro atoms. The van der Waals surface area contributed by atoms with Gasteiger partial charge in [0.1, 0.15) is 12.1 Å². The zero-order valence-electron chi connectivity index (χ0n) is 10.5. The Kier molecular flexibility index (Phi) is 3.24. The predicted molar refractivity (Wildman–Crippen MR) is 68.0 cm³/mol. The zero-order valence-corrected chi connectivity index (χ0v) is 10.5. The highest BCUT2D eigenvalue weighted by Crippen LogP contribution is 2.08. The van der Waals surface area contributed by atoms with E-state index in [1.165, 1.54) is 5.56 Å². The van der Waals surface area contributed by atoms with Gasteiger partial charge in [0, 0.05) is 30.7 Å². The molecule has 0 fully saturated rings. The van der Waals surface area contributed by atoms with Crippen LogP contribution in [0.25, 0.3) is 5.82 Å². The van der Waals surface area contributed by atoms with Gasteiger partial charge < -0.3 is 5.32 Å². The molecule has 0 saturated carbocycles. The van der Waals surface area contributed by atoms with E-state index < -0.39 is 0 Å². The first-order valence-corrected chi connectivity index (χ1v) is 5.73. The van der Waals surface area contributed by atoms with E-state index in [2.05, 4.69) is 42.1 Å². The van der Waals surface area contributed by atoms with Crippen molar-refractivity contribution in [1.29, 1.82) is 0 Å². The van der Waals surface area contributed by atoms with Gasteiger partial charge in [0.05, 0.1) is 0 Å². The SMILES string of the molecule is CC(C)(C)NCc1ccnc(-n2ccnc2)c1. The van der Waals surface area contributed by atoms with Crippen molar-refractivity contribution in [3.05, 3.63) is 42.6 Å². The van der Waals surface area contributed by atoms with Crippen molar-refractivity contribution in [1.82, 2.24) is 19.9 Å². The molecule has 90 valence electrons. The van der Waals surface area contributed by atoms with Gasteiger partial charge in [-0.25, -0.2) is 9.97 Å². The first-order chi connectivity index (χ1) is 8.04. The van der Waals surface area contributed by atoms with E-state index >= 15 is 0 Å². The summed E-state index contributed by atoms with van der Waals surface area (Å²) >= 11 is 0. The second-order valence-electron chi connectivity index (χ2n) is 5.10. The van der Waals surface area contributed by atoms with Gasteiger partial charge in [0.25, 0.3) is 0 Å². The maximum atomic E-state index is 4.32. The molecular formula is C13H18N4. The molecule has 0 aromatic carbocycles. The molecule has 2 aromatic heterocycles. The van der Waals surface area contributed by atoms with Crippen molar-refractivity contribution in [2.75, 3.05) is 0 Å². The largest absolute Gasteiger partial charge is 0.308 e. The van der Waals surface area contributed by atoms with E-state index in [0.717, 1.165) is 12.4 Å². The van der Waals surface area contributed by atoms with Crippen molar-refractivity contribution in [2.45, 2.75) is 32.9 Å². The molecule has 17 heavy (non-hydrogen) atoms. The van der Waals surface area contributed by atoms with Gasteiger partial charge in [0.2, 0.25) is 0 Å². The number of imidazole rings is 1. The van der Waals surface area contributed by atoms with Gasteiger partial charge in [-0.2, -0.15) is 0 Å². The van der Waals surface area contributed by atoms with Crippen molar-refractivity contribution < 1.29 is 0 Å². The van der Waals surface area contributed by atoms with E-state index in [1.807, 2.05) is 23.0 Å². The number of nitrogens with zero attached hydrogens (tertiary/aromatic N) is 3. The summed E-state index contributed by atoms with van der Waals surface area (Å²) in [5, 5.41) is 3.46. The molecule has 4 nitrogen and oxygen atoms in total. The maximum absolute atomic E-state index is 4.32. The van der Waals surface area contributed by atoms with E-state index in [-0.39, 0.29) is 5.54 Å². The Morgan fingerprint density at radius 3 is 2.76 bits per heavy atom. The van der Waals surface area contributed by atoms with Crippen LogP contribution in [0.5, 0.6) is 0 Å². The Morgan fingerprint density at radius 1 is 1.29 bits per heavy atom. The summed E-state index contributed by atoms with van der Waals surface area (Å²) in [5.74, 6) is 0.899. The minimum Gasteiger partial charge on any atom is -0.308 e. The summed E-state index contributed by atoms with van der Waals surface area (Å²) in [6.07, 6.45) is 7.23. The molecule has 0 aliphatic carbocycles. The second kappa shape index (κ2) is 4.67. The van der Waals surface area contributed by atoms with Crippen molar-refractivity contribution in [3.63, 3.8) is 0 Å². The van der Waals surface area contributed by atoms with Gasteiger partial charge in [0.15, 0.2) is 0 Å². The number of hydrogen-bond donors (Lipinski definition) is 1. The molecule has 0 atom stereocenters. The van der Waals surface area contributed by atoms with Crippen LogP contribution in [0.3, 0.4) is 0 Å². The monoisotopic (exact) mass is 230 g/mol. The predicted octanol–water partition coefficient (Wildman–Crippen LogP) is 2.16. The Morgan fingerprint density at radius 2 is 2.12 bits per heavy atom. The van der Waals surface area contributed by atoms with Gasteiger partial charge in [-0.3, -0.25) is 4.57 Å². The Balaban J connectivity index is 2.12. The van der Waals surface area contributed by atoms with Crippen molar-refractivity contribution >= 4 is 0 Å². The average molecular weight is 230 g/mol. The quantitative estimate of drug-likeness (QED) is 0.878. The smallest absolute Gasteiger partial charge is 0.138 e. The van der Waals surface area contributed by atoms with E-state index in [4.69, 9.17) is 0 Å². The number of aromatic nitrogens is 3. The molecule has 0 aliphatic rings. The summed E-state index contributed by atoms with van der Waals surface area (Å²) in [4.78, 5) is 8.34. The molecule has 0 aliphatic heterocycles. The third-order valence-corrected chi connectivity index (χ3v) is 2.40. The number of pyridine rings is 1. The molecule has 2 aromatic rings. The Labute approximate surface area is 102 Å². The van der Waals surface area contributed by atoms with Gasteiger partial charge in [-0.1, -0.05) is 0 Å². The van der Waals surface area contributed by atoms with Crippen LogP contribution in [0.15, 0.2) is 37.1 Å². The minimum atomic E-state index is 0.123. The third-order valence-electron chi connectivity index (χ3n) is 2.40. The summed E-state index contributed by atoms with van der Waals surface area (Å²) in [5.41, 5.74) is 1.34. The molecule has 0 bridgehead atoms. The fraction of sp³-hybridized carbons (Fsp3) is 0.385. The molecule has 4 heteroatoms. The molecule has 2 heterocycles. The van der Waals surface area contributed by atoms with Crippen molar-refractivity contribution in [3.8, 4) is 5.82 Å². The maximum Gasteiger partial charge on any atom is 0.138 e. The Hall–Kier alpha value is -1.68. The van der Waals surface area contributed by atoms with E-state index in [9.17, 15) is 0 Å². The molecule has 2 rings (SSSR count). The number of rotatable bonds is 3. The van der Waals surface area contributed by atoms with Gasteiger partial charge >= 0.3 is 0 Å². The standard InChI is InChI=1S/C13H18N4/c1-13(2,3)16-9-11-4-5-15-12(8-11)17-7-6-14-10-17/h4-8,10,16H,9H2,1-3H3. The van der Waals surface area contributed by atoms with Crippen molar-refractivity contribution in [2.24, 2.45) is 0 Å². The lowest BCUT2D eigenvalue weighted by molar-refractivity contribution is 0.424. The highest BCUT2D eigenvalue weighted by Gasteiger charge is 2.08. The van der Waals surface area contributed by atoms with Gasteiger partial charge in [-0.05, 0) is 38.5 Å². The lowest BCUT2D eigenvalue weighted by Crippen LogP contribution is -2.35. The molecule has 0 radical (unpaired) electrons. The zero-order chi connectivity index (χ0) is 12.3. The summed E-state index contributed by atoms with van der Waals surface area (Å²) in [6, 6.07) is 4.10. The molecule has 0 unspecified atom stereocenters. The highest BCUT2D eigenvalue weighted by molar-refractivity contribution is 5.27. The number of hydrogen-bond acceptors (Lipinski definition) is 3. The number of nitrogens with one attached hydrogen (secondary N) is 1. The van der Waals surface area contributed by atoms with Crippen LogP contribution in [0, 0.1) is 0 Å². The van der Waals surface area contributed by atoms with Crippen LogP contribution < -0.4 is 5.32 Å². The van der Waals surface area contributed by atoms with E-state index in [0.29, 0.717) is 0 Å². The fourth-order valence-electron chi connectivity index (χ4n) is 1.47.